The molecule has 1 aromatic rings. The summed E-state index contributed by atoms with van der Waals surface area (Å²) in [5.74, 6) is 0. The molecule has 0 saturated carbocycles. The largest absolute Gasteiger partial charge is 0.379 e. The maximum atomic E-state index is 11.2. The van der Waals surface area contributed by atoms with Crippen LogP contribution >= 0.6 is 0 Å². The number of hydrogen-bond acceptors (Lipinski definition) is 5. The maximum absolute atomic E-state index is 11.2. The van der Waals surface area contributed by atoms with Crippen molar-refractivity contribution in [1.82, 2.24) is 0 Å². The van der Waals surface area contributed by atoms with E-state index >= 15 is 0 Å². The van der Waals surface area contributed by atoms with E-state index in [9.17, 15) is 13.2 Å². The Morgan fingerprint density at radius 2 is 1.90 bits per heavy atom. The van der Waals surface area contributed by atoms with Gasteiger partial charge < -0.3 is 14.3 Å². The van der Waals surface area contributed by atoms with Crippen molar-refractivity contribution in [2.24, 2.45) is 0 Å². The Morgan fingerprint density at radius 1 is 1.20 bits per heavy atom. The van der Waals surface area contributed by atoms with E-state index in [0.29, 0.717) is 38.1 Å². The van der Waals surface area contributed by atoms with Gasteiger partial charge in [0.1, 0.15) is 12.9 Å². The number of aryl methyl sites for hydroxylation is 1. The van der Waals surface area contributed by atoms with Crippen LogP contribution in [-0.4, -0.2) is 45.7 Å². The molecule has 0 bridgehead atoms. The third kappa shape index (κ3) is 5.79. The van der Waals surface area contributed by atoms with Gasteiger partial charge in [0.2, 0.25) is 0 Å². The average Bonchev–Trinajstić information content (AvgIpc) is 2.36. The van der Waals surface area contributed by atoms with Gasteiger partial charge in [-0.25, -0.2) is 0 Å². The summed E-state index contributed by atoms with van der Waals surface area (Å²) in [6, 6.07) is 4.71. The quantitative estimate of drug-likeness (QED) is 0.416. The van der Waals surface area contributed by atoms with Gasteiger partial charge in [0, 0.05) is 0 Å². The number of benzene rings is 1. The number of hydrogen-bond donors (Lipinski definition) is 1. The summed E-state index contributed by atoms with van der Waals surface area (Å²) in [7, 11) is -4.22. The average molecular weight is 302 g/mol. The molecular formula is C13H18O6S. The van der Waals surface area contributed by atoms with Crippen LogP contribution in [0.5, 0.6) is 0 Å². The fraction of sp³-hybridized carbons (Fsp3) is 0.462. The minimum absolute atomic E-state index is 0.0359. The zero-order chi connectivity index (χ0) is 15.0. The fourth-order valence-electron chi connectivity index (χ4n) is 1.69. The van der Waals surface area contributed by atoms with Gasteiger partial charge in [0.15, 0.2) is 0 Å². The van der Waals surface area contributed by atoms with Crippen LogP contribution in [0, 0.1) is 6.92 Å². The molecule has 0 unspecified atom stereocenters. The second-order valence-corrected chi connectivity index (χ2v) is 5.58. The fourth-order valence-corrected chi connectivity index (χ4v) is 2.42. The number of carbonyl (C=O) groups excluding carboxylic acids is 1. The molecule has 0 aliphatic rings. The van der Waals surface area contributed by atoms with Crippen molar-refractivity contribution in [3.8, 4) is 0 Å². The predicted molar refractivity (Wildman–Crippen MR) is 72.4 cm³/mol. The molecule has 0 radical (unpaired) electrons. The van der Waals surface area contributed by atoms with Gasteiger partial charge in [-0.05, 0) is 25.0 Å². The lowest BCUT2D eigenvalue weighted by molar-refractivity contribution is -0.112. The van der Waals surface area contributed by atoms with Gasteiger partial charge in [0.25, 0.3) is 10.1 Å². The number of rotatable bonds is 9. The standard InChI is InChI=1S/C13H18O6S/c1-11-2-3-13(20(15,16)17)12(10-11)4-6-18-8-9-19-7-5-14/h2-3,5,10H,4,6-9H2,1H3,(H,15,16,17). The molecule has 0 aliphatic carbocycles. The molecule has 0 heterocycles. The molecule has 0 spiro atoms. The van der Waals surface area contributed by atoms with Crippen LogP contribution < -0.4 is 0 Å². The predicted octanol–water partition coefficient (Wildman–Crippen LogP) is 1.02. The zero-order valence-electron chi connectivity index (χ0n) is 11.2. The molecule has 0 fully saturated rings. The van der Waals surface area contributed by atoms with Crippen LogP contribution in [0.3, 0.4) is 0 Å². The van der Waals surface area contributed by atoms with Crippen molar-refractivity contribution >= 4 is 16.4 Å². The van der Waals surface area contributed by atoms with E-state index in [-0.39, 0.29) is 11.5 Å². The van der Waals surface area contributed by atoms with E-state index in [4.69, 9.17) is 14.0 Å². The third-order valence-electron chi connectivity index (χ3n) is 2.57. The first-order chi connectivity index (χ1) is 9.45. The van der Waals surface area contributed by atoms with Crippen LogP contribution in [0.2, 0.25) is 0 Å². The van der Waals surface area contributed by atoms with E-state index in [2.05, 4.69) is 0 Å². The first-order valence-corrected chi connectivity index (χ1v) is 7.55. The van der Waals surface area contributed by atoms with Crippen molar-refractivity contribution in [1.29, 1.82) is 0 Å². The van der Waals surface area contributed by atoms with E-state index in [0.717, 1.165) is 5.56 Å². The van der Waals surface area contributed by atoms with Crippen LogP contribution in [0.4, 0.5) is 0 Å². The minimum atomic E-state index is -4.22. The molecule has 1 aromatic carbocycles. The SMILES string of the molecule is Cc1ccc(S(=O)(=O)O)c(CCOCCOCC=O)c1. The molecule has 6 nitrogen and oxygen atoms in total. The molecule has 1 rings (SSSR count). The Kier molecular flexibility index (Phi) is 6.80. The van der Waals surface area contributed by atoms with E-state index in [1.165, 1.54) is 6.07 Å². The highest BCUT2D eigenvalue weighted by Gasteiger charge is 2.14. The van der Waals surface area contributed by atoms with Gasteiger partial charge in [-0.15, -0.1) is 0 Å². The van der Waals surface area contributed by atoms with Crippen LogP contribution in [0.1, 0.15) is 11.1 Å². The first kappa shape index (κ1) is 16.8. The normalized spacial score (nSPS) is 11.5. The highest BCUT2D eigenvalue weighted by atomic mass is 32.2. The maximum Gasteiger partial charge on any atom is 0.294 e. The summed E-state index contributed by atoms with van der Waals surface area (Å²) < 4.78 is 41.8. The third-order valence-corrected chi connectivity index (χ3v) is 3.52. The topological polar surface area (TPSA) is 89.9 Å². The van der Waals surface area contributed by atoms with Crippen molar-refractivity contribution in [2.75, 3.05) is 26.4 Å². The summed E-state index contributed by atoms with van der Waals surface area (Å²) >= 11 is 0. The van der Waals surface area contributed by atoms with E-state index < -0.39 is 10.1 Å². The first-order valence-electron chi connectivity index (χ1n) is 6.11. The molecule has 0 aliphatic heterocycles. The molecule has 7 heteroatoms. The molecular weight excluding hydrogens is 284 g/mol. The monoisotopic (exact) mass is 302 g/mol. The van der Waals surface area contributed by atoms with Crippen LogP contribution in [-0.2, 0) is 30.8 Å². The van der Waals surface area contributed by atoms with Crippen molar-refractivity contribution < 1.29 is 27.2 Å². The molecule has 0 atom stereocenters. The van der Waals surface area contributed by atoms with Gasteiger partial charge >= 0.3 is 0 Å². The molecule has 20 heavy (non-hydrogen) atoms. The Hall–Kier alpha value is -1.28. The van der Waals surface area contributed by atoms with Gasteiger partial charge in [-0.1, -0.05) is 17.7 Å². The summed E-state index contributed by atoms with van der Waals surface area (Å²) in [5, 5.41) is 0. The second-order valence-electron chi connectivity index (χ2n) is 4.19. The van der Waals surface area contributed by atoms with E-state index in [1.54, 1.807) is 12.1 Å². The molecule has 0 aromatic heterocycles. The minimum Gasteiger partial charge on any atom is -0.379 e. The Morgan fingerprint density at radius 3 is 2.55 bits per heavy atom. The summed E-state index contributed by atoms with van der Waals surface area (Å²) in [5.41, 5.74) is 1.42. The highest BCUT2D eigenvalue weighted by molar-refractivity contribution is 7.85. The van der Waals surface area contributed by atoms with Crippen LogP contribution in [0.15, 0.2) is 23.1 Å². The Labute approximate surface area is 118 Å². The summed E-state index contributed by atoms with van der Waals surface area (Å²) in [6.45, 7) is 2.80. The van der Waals surface area contributed by atoms with Crippen molar-refractivity contribution in [2.45, 2.75) is 18.2 Å². The molecule has 1 N–H and O–H groups in total. The van der Waals surface area contributed by atoms with E-state index in [1.807, 2.05) is 6.92 Å². The second kappa shape index (κ2) is 8.11. The summed E-state index contributed by atoms with van der Waals surface area (Å²) in [4.78, 5) is 9.90. The van der Waals surface area contributed by atoms with Gasteiger partial charge in [-0.3, -0.25) is 4.55 Å². The van der Waals surface area contributed by atoms with Gasteiger partial charge in [0.05, 0.1) is 24.7 Å². The molecule has 0 saturated heterocycles. The highest BCUT2D eigenvalue weighted by Crippen LogP contribution is 2.17. The number of carbonyl (C=O) groups is 1. The molecule has 112 valence electrons. The van der Waals surface area contributed by atoms with Crippen molar-refractivity contribution in [3.05, 3.63) is 29.3 Å². The number of aldehydes is 1. The zero-order valence-corrected chi connectivity index (χ0v) is 12.1. The van der Waals surface area contributed by atoms with Crippen molar-refractivity contribution in [3.63, 3.8) is 0 Å². The smallest absolute Gasteiger partial charge is 0.294 e. The number of ether oxygens (including phenoxy) is 2. The lowest BCUT2D eigenvalue weighted by Crippen LogP contribution is -2.10. The lowest BCUT2D eigenvalue weighted by Gasteiger charge is -2.09. The van der Waals surface area contributed by atoms with Gasteiger partial charge in [-0.2, -0.15) is 8.42 Å². The lowest BCUT2D eigenvalue weighted by atomic mass is 10.1. The van der Waals surface area contributed by atoms with Crippen LogP contribution in [0.25, 0.3) is 0 Å². The molecule has 0 amide bonds. The summed E-state index contributed by atoms with van der Waals surface area (Å²) in [6.07, 6.45) is 1.02. The Balaban J connectivity index is 2.51. The Bertz CT molecular complexity index is 538.